The molecule has 2 atom stereocenters. The number of carbonyl (C=O) groups excluding carboxylic acids is 2. The highest BCUT2D eigenvalue weighted by molar-refractivity contribution is 5.86. The Morgan fingerprint density at radius 3 is 2.12 bits per heavy atom. The molecule has 5 heteroatoms. The topological polar surface area (TPSA) is 72.8 Å². The summed E-state index contributed by atoms with van der Waals surface area (Å²) in [6, 6.07) is 0. The number of unbranched alkanes of at least 4 members (excludes halogenated alkanes) is 9. The van der Waals surface area contributed by atoms with Crippen molar-refractivity contribution in [3.63, 3.8) is 0 Å². The SMILES string of the molecule is CCCCCCCCCCCC[C@H](OC(C)=O)C1=CC(=O)OC1O. The van der Waals surface area contributed by atoms with Crippen molar-refractivity contribution in [1.29, 1.82) is 0 Å². The van der Waals surface area contributed by atoms with Crippen LogP contribution in [0.3, 0.4) is 0 Å². The fraction of sp³-hybridized carbons (Fsp3) is 0.789. The fourth-order valence-electron chi connectivity index (χ4n) is 2.98. The van der Waals surface area contributed by atoms with E-state index in [2.05, 4.69) is 11.7 Å². The van der Waals surface area contributed by atoms with Gasteiger partial charge < -0.3 is 14.6 Å². The van der Waals surface area contributed by atoms with Crippen molar-refractivity contribution >= 4 is 11.9 Å². The number of rotatable bonds is 13. The summed E-state index contributed by atoms with van der Waals surface area (Å²) in [6.45, 7) is 3.56. The number of hydrogen-bond donors (Lipinski definition) is 1. The molecule has 1 heterocycles. The second-order valence-corrected chi connectivity index (χ2v) is 6.50. The lowest BCUT2D eigenvalue weighted by atomic mass is 10.0. The van der Waals surface area contributed by atoms with Gasteiger partial charge in [0.1, 0.15) is 6.10 Å². The van der Waals surface area contributed by atoms with Gasteiger partial charge in [-0.25, -0.2) is 4.79 Å². The summed E-state index contributed by atoms with van der Waals surface area (Å²) in [4.78, 5) is 22.4. The van der Waals surface area contributed by atoms with Crippen LogP contribution < -0.4 is 0 Å². The molecular weight excluding hydrogens is 308 g/mol. The third-order valence-corrected chi connectivity index (χ3v) is 4.30. The third kappa shape index (κ3) is 8.48. The van der Waals surface area contributed by atoms with E-state index < -0.39 is 24.3 Å². The molecule has 0 aromatic rings. The first-order valence-corrected chi connectivity index (χ1v) is 9.32. The molecule has 1 rings (SSSR count). The molecule has 5 nitrogen and oxygen atoms in total. The molecule has 0 radical (unpaired) electrons. The Morgan fingerprint density at radius 2 is 1.67 bits per heavy atom. The monoisotopic (exact) mass is 340 g/mol. The second kappa shape index (κ2) is 12.1. The highest BCUT2D eigenvalue weighted by Crippen LogP contribution is 2.24. The van der Waals surface area contributed by atoms with Gasteiger partial charge in [-0.1, -0.05) is 64.7 Å². The van der Waals surface area contributed by atoms with Crippen LogP contribution in [0.15, 0.2) is 11.6 Å². The van der Waals surface area contributed by atoms with E-state index in [1.165, 1.54) is 57.9 Å². The number of esters is 2. The molecular formula is C19H32O5. The minimum Gasteiger partial charge on any atom is -0.458 e. The maximum atomic E-state index is 11.2. The zero-order valence-electron chi connectivity index (χ0n) is 15.1. The molecule has 0 fully saturated rings. The molecule has 0 amide bonds. The smallest absolute Gasteiger partial charge is 0.333 e. The van der Waals surface area contributed by atoms with E-state index in [0.717, 1.165) is 19.3 Å². The summed E-state index contributed by atoms with van der Waals surface area (Å²) in [7, 11) is 0. The number of hydrogen-bond acceptors (Lipinski definition) is 5. The first kappa shape index (κ1) is 20.7. The van der Waals surface area contributed by atoms with Gasteiger partial charge in [-0.05, 0) is 12.8 Å². The molecule has 0 aliphatic carbocycles. The Labute approximate surface area is 145 Å². The van der Waals surface area contributed by atoms with Crippen molar-refractivity contribution in [3.8, 4) is 0 Å². The predicted molar refractivity (Wildman–Crippen MR) is 92.2 cm³/mol. The molecule has 138 valence electrons. The fourth-order valence-corrected chi connectivity index (χ4v) is 2.98. The van der Waals surface area contributed by atoms with Gasteiger partial charge in [0.2, 0.25) is 6.29 Å². The Balaban J connectivity index is 2.18. The van der Waals surface area contributed by atoms with E-state index in [9.17, 15) is 14.7 Å². The van der Waals surface area contributed by atoms with Crippen LogP contribution >= 0.6 is 0 Å². The van der Waals surface area contributed by atoms with Crippen molar-refractivity contribution in [2.75, 3.05) is 0 Å². The molecule has 0 spiro atoms. The summed E-state index contributed by atoms with van der Waals surface area (Å²) >= 11 is 0. The normalized spacial score (nSPS) is 18.2. The number of aliphatic hydroxyl groups is 1. The standard InChI is InChI=1S/C19H32O5/c1-3-4-5-6-7-8-9-10-11-12-13-17(23-15(2)20)16-14-18(21)24-19(16)22/h14,17,19,22H,3-13H2,1-2H3/t17-,19?/m0/s1. The van der Waals surface area contributed by atoms with Gasteiger partial charge in [-0.15, -0.1) is 0 Å². The molecule has 1 aliphatic heterocycles. The number of cyclic esters (lactones) is 1. The summed E-state index contributed by atoms with van der Waals surface area (Å²) in [5, 5.41) is 9.70. The van der Waals surface area contributed by atoms with Crippen LogP contribution in [0.2, 0.25) is 0 Å². The van der Waals surface area contributed by atoms with Gasteiger partial charge in [0.05, 0.1) is 0 Å². The summed E-state index contributed by atoms with van der Waals surface area (Å²) in [5.74, 6) is -1.00. The number of carbonyl (C=O) groups is 2. The Hall–Kier alpha value is -1.36. The van der Waals surface area contributed by atoms with E-state index >= 15 is 0 Å². The minimum atomic E-state index is -1.29. The summed E-state index contributed by atoms with van der Waals surface area (Å²) < 4.78 is 9.90. The van der Waals surface area contributed by atoms with Crippen molar-refractivity contribution in [2.24, 2.45) is 0 Å². The Bertz CT molecular complexity index is 416. The zero-order chi connectivity index (χ0) is 17.8. The Kier molecular flexibility index (Phi) is 10.4. The lowest BCUT2D eigenvalue weighted by Gasteiger charge is -2.19. The van der Waals surface area contributed by atoms with Crippen LogP contribution in [0.5, 0.6) is 0 Å². The number of aliphatic hydroxyl groups excluding tert-OH is 1. The lowest BCUT2D eigenvalue weighted by molar-refractivity contribution is -0.153. The van der Waals surface area contributed by atoms with Crippen molar-refractivity contribution in [2.45, 2.75) is 96.9 Å². The van der Waals surface area contributed by atoms with Crippen LogP contribution in [0, 0.1) is 0 Å². The largest absolute Gasteiger partial charge is 0.458 e. The average molecular weight is 340 g/mol. The summed E-state index contributed by atoms with van der Waals surface area (Å²) in [5.41, 5.74) is 0.353. The van der Waals surface area contributed by atoms with Crippen LogP contribution in [-0.2, 0) is 19.1 Å². The van der Waals surface area contributed by atoms with Crippen LogP contribution in [0.4, 0.5) is 0 Å². The maximum absolute atomic E-state index is 11.2. The van der Waals surface area contributed by atoms with Crippen molar-refractivity contribution < 1.29 is 24.2 Å². The Morgan fingerprint density at radius 1 is 1.12 bits per heavy atom. The van der Waals surface area contributed by atoms with Gasteiger partial charge in [-0.2, -0.15) is 0 Å². The van der Waals surface area contributed by atoms with Crippen molar-refractivity contribution in [3.05, 3.63) is 11.6 Å². The van der Waals surface area contributed by atoms with Gasteiger partial charge in [0, 0.05) is 18.6 Å². The quantitative estimate of drug-likeness (QED) is 0.405. The van der Waals surface area contributed by atoms with Crippen LogP contribution in [0.25, 0.3) is 0 Å². The molecule has 0 bridgehead atoms. The summed E-state index contributed by atoms with van der Waals surface area (Å²) in [6.07, 6.45) is 12.2. The second-order valence-electron chi connectivity index (χ2n) is 6.50. The molecule has 0 aromatic carbocycles. The third-order valence-electron chi connectivity index (χ3n) is 4.30. The van der Waals surface area contributed by atoms with Crippen LogP contribution in [0.1, 0.15) is 84.5 Å². The molecule has 1 N–H and O–H groups in total. The maximum Gasteiger partial charge on any atom is 0.333 e. The predicted octanol–water partition coefficient (Wildman–Crippen LogP) is 4.03. The van der Waals surface area contributed by atoms with Gasteiger partial charge in [0.25, 0.3) is 0 Å². The molecule has 0 saturated heterocycles. The average Bonchev–Trinajstić information content (AvgIpc) is 2.86. The minimum absolute atomic E-state index is 0.353. The van der Waals surface area contributed by atoms with Gasteiger partial charge in [0.15, 0.2) is 0 Å². The first-order chi connectivity index (χ1) is 11.5. The first-order valence-electron chi connectivity index (χ1n) is 9.32. The molecule has 1 unspecified atom stereocenters. The highest BCUT2D eigenvalue weighted by Gasteiger charge is 2.31. The van der Waals surface area contributed by atoms with E-state index in [1.807, 2.05) is 0 Å². The van der Waals surface area contributed by atoms with Crippen molar-refractivity contribution in [1.82, 2.24) is 0 Å². The molecule has 1 aliphatic rings. The highest BCUT2D eigenvalue weighted by atomic mass is 16.6. The van der Waals surface area contributed by atoms with Gasteiger partial charge in [-0.3, -0.25) is 4.79 Å². The number of ether oxygens (including phenoxy) is 2. The zero-order valence-corrected chi connectivity index (χ0v) is 15.1. The van der Waals surface area contributed by atoms with E-state index in [-0.39, 0.29) is 0 Å². The van der Waals surface area contributed by atoms with E-state index in [1.54, 1.807) is 0 Å². The van der Waals surface area contributed by atoms with Crippen LogP contribution in [-0.4, -0.2) is 29.4 Å². The van der Waals surface area contributed by atoms with E-state index in [4.69, 9.17) is 4.74 Å². The lowest BCUT2D eigenvalue weighted by Crippen LogP contribution is -2.25. The molecule has 0 aromatic heterocycles. The van der Waals surface area contributed by atoms with E-state index in [0.29, 0.717) is 12.0 Å². The van der Waals surface area contributed by atoms with Gasteiger partial charge >= 0.3 is 11.9 Å². The molecule has 0 saturated carbocycles. The molecule has 24 heavy (non-hydrogen) atoms.